The summed E-state index contributed by atoms with van der Waals surface area (Å²) in [6, 6.07) is 58.7. The van der Waals surface area contributed by atoms with Gasteiger partial charge in [-0.2, -0.15) is 6.07 Å². The Labute approximate surface area is 448 Å². The number of nitrogens with zero attached hydrogens (tertiary/aromatic N) is 4. The molecule has 0 fully saturated rings. The standard InChI is InChI=1S/C67H67N4O.Pt/c1-63(2,3)44-22-17-21-42(33-44)51-25-19-26-52(43-34-46(65(7,8)9)36-47(35-43)66(10,11)12)62(51)70-41-69(55-28-15-16-29-56(55)70)48-23-18-24-49(38-48)72-50-39-54-61-58(40-50)71(59-37-45(31-32-68-59)64(4,5)6)57-30-20-27-53(60(57)61)67(54,13)14;/h15-37,39,41H,1-14H3;/q-3;. The fourth-order valence-electron chi connectivity index (χ4n) is 10.8. The van der Waals surface area contributed by atoms with Crippen molar-refractivity contribution in [2.75, 3.05) is 9.80 Å². The van der Waals surface area contributed by atoms with E-state index in [4.69, 9.17) is 9.72 Å². The van der Waals surface area contributed by atoms with E-state index in [-0.39, 0.29) is 48.1 Å². The van der Waals surface area contributed by atoms with E-state index in [9.17, 15) is 0 Å². The molecule has 11 rings (SSSR count). The van der Waals surface area contributed by atoms with Gasteiger partial charge in [-0.25, -0.2) is 4.98 Å². The summed E-state index contributed by atoms with van der Waals surface area (Å²) in [5, 5.41) is 2.48. The number of benzene rings is 7. The van der Waals surface area contributed by atoms with E-state index < -0.39 is 0 Å². The zero-order chi connectivity index (χ0) is 50.9. The molecular weight excluding hydrogens is 1070 g/mol. The summed E-state index contributed by atoms with van der Waals surface area (Å²) in [4.78, 5) is 9.61. The fraction of sp³-hybridized carbons (Fsp3) is 0.284. The monoisotopic (exact) mass is 1140 g/mol. The molecule has 0 bridgehead atoms. The second-order valence-electron chi connectivity index (χ2n) is 24.8. The smallest absolute Gasteiger partial charge is 0.135 e. The van der Waals surface area contributed by atoms with Gasteiger partial charge in [-0.15, -0.1) is 48.3 Å². The average Bonchev–Trinajstić information content (AvgIpc) is 3.96. The molecule has 2 aliphatic rings. The Kier molecular flexibility index (Phi) is 12.1. The predicted octanol–water partition coefficient (Wildman–Crippen LogP) is 18.1. The summed E-state index contributed by atoms with van der Waals surface area (Å²) < 4.78 is 9.22. The SMILES string of the molecule is CC(C)(C)c1cccc(-c2cccc(-c3cc(C(C)(C)C)cc(C(C)(C)C)c3)c2N2[CH-]N(c3[c-]c(Oc4[c-]c5c6c(c4)C(C)(C)c4cccc(c46)n5-c4cc(C(C)(C)C)ccn4)ccc3)c3ccccc32)c1.[Pt]. The number of hydrogen-bond donors (Lipinski definition) is 0. The molecule has 9 aromatic rings. The van der Waals surface area contributed by atoms with E-state index in [2.05, 4.69) is 264 Å². The Hall–Kier alpha value is -6.42. The number of rotatable bonds is 7. The van der Waals surface area contributed by atoms with Gasteiger partial charge in [0, 0.05) is 72.5 Å². The van der Waals surface area contributed by atoms with Crippen molar-refractivity contribution >= 4 is 44.6 Å². The van der Waals surface area contributed by atoms with Crippen molar-refractivity contribution in [1.82, 2.24) is 9.55 Å². The number of pyridine rings is 1. The quantitative estimate of drug-likeness (QED) is 0.149. The largest absolute Gasteiger partial charge is 0.509 e. The molecular formula is C67H67N4OPt-3. The Morgan fingerprint density at radius 3 is 1.77 bits per heavy atom. The Bertz CT molecular complexity index is 3590. The molecule has 3 heterocycles. The minimum Gasteiger partial charge on any atom is -0.509 e. The van der Waals surface area contributed by atoms with Gasteiger partial charge in [0.05, 0.1) is 0 Å². The number of anilines is 4. The maximum Gasteiger partial charge on any atom is 0.135 e. The molecule has 5 nitrogen and oxygen atoms in total. The summed E-state index contributed by atoms with van der Waals surface area (Å²) in [6.45, 7) is 34.4. The van der Waals surface area contributed by atoms with Gasteiger partial charge >= 0.3 is 0 Å². The van der Waals surface area contributed by atoms with Crippen LogP contribution < -0.4 is 14.5 Å². The van der Waals surface area contributed by atoms with Crippen molar-refractivity contribution in [3.05, 3.63) is 198 Å². The third-order valence-corrected chi connectivity index (χ3v) is 15.1. The molecule has 0 N–H and O–H groups in total. The summed E-state index contributed by atoms with van der Waals surface area (Å²) in [5.74, 6) is 2.13. The van der Waals surface area contributed by atoms with E-state index in [0.29, 0.717) is 11.5 Å². The molecule has 374 valence electrons. The van der Waals surface area contributed by atoms with Crippen molar-refractivity contribution in [2.24, 2.45) is 0 Å². The van der Waals surface area contributed by atoms with Gasteiger partial charge in [0.1, 0.15) is 5.82 Å². The zero-order valence-corrected chi connectivity index (χ0v) is 47.2. The molecule has 1 aliphatic heterocycles. The molecule has 73 heavy (non-hydrogen) atoms. The summed E-state index contributed by atoms with van der Waals surface area (Å²) >= 11 is 0. The first-order valence-corrected chi connectivity index (χ1v) is 25.6. The molecule has 0 radical (unpaired) electrons. The molecule has 0 amide bonds. The van der Waals surface area contributed by atoms with Crippen LogP contribution >= 0.6 is 0 Å². The maximum absolute atomic E-state index is 6.94. The van der Waals surface area contributed by atoms with E-state index in [0.717, 1.165) is 45.2 Å². The van der Waals surface area contributed by atoms with Crippen molar-refractivity contribution in [3.63, 3.8) is 0 Å². The van der Waals surface area contributed by atoms with Crippen LogP contribution in [0.1, 0.15) is 130 Å². The first-order valence-electron chi connectivity index (χ1n) is 25.6. The van der Waals surface area contributed by atoms with Crippen LogP contribution in [0.5, 0.6) is 11.5 Å². The third kappa shape index (κ3) is 8.70. The number of para-hydroxylation sites is 3. The van der Waals surface area contributed by atoms with Gasteiger partial charge in [-0.05, 0) is 102 Å². The van der Waals surface area contributed by atoms with Crippen molar-refractivity contribution in [2.45, 2.75) is 124 Å². The molecule has 0 saturated heterocycles. The number of fused-ring (bicyclic) bond motifs is 1. The van der Waals surface area contributed by atoms with Gasteiger partial charge < -0.3 is 19.1 Å². The second kappa shape index (κ2) is 17.6. The van der Waals surface area contributed by atoms with Gasteiger partial charge in [0.25, 0.3) is 0 Å². The molecule has 1 aliphatic carbocycles. The Balaban J connectivity index is 0.00000611. The van der Waals surface area contributed by atoms with Crippen LogP contribution in [0.2, 0.25) is 0 Å². The van der Waals surface area contributed by atoms with Crippen molar-refractivity contribution in [3.8, 4) is 39.6 Å². The second-order valence-corrected chi connectivity index (χ2v) is 24.8. The van der Waals surface area contributed by atoms with Crippen LogP contribution in [0.25, 0.3) is 49.9 Å². The molecule has 6 heteroatoms. The van der Waals surface area contributed by atoms with E-state index in [1.807, 2.05) is 12.3 Å². The third-order valence-electron chi connectivity index (χ3n) is 15.1. The van der Waals surface area contributed by atoms with E-state index in [1.165, 1.54) is 60.8 Å². The van der Waals surface area contributed by atoms with Gasteiger partial charge in [0.2, 0.25) is 0 Å². The van der Waals surface area contributed by atoms with Gasteiger partial charge in [0.15, 0.2) is 0 Å². The van der Waals surface area contributed by atoms with Crippen LogP contribution in [0, 0.1) is 18.8 Å². The molecule has 0 unspecified atom stereocenters. The molecule has 0 atom stereocenters. The average molecular weight is 1140 g/mol. The molecule has 0 spiro atoms. The normalized spacial score (nSPS) is 14.3. The predicted molar refractivity (Wildman–Crippen MR) is 302 cm³/mol. The number of hydrogen-bond acceptors (Lipinski definition) is 4. The summed E-state index contributed by atoms with van der Waals surface area (Å²) in [7, 11) is 0. The summed E-state index contributed by atoms with van der Waals surface area (Å²) in [5.41, 5.74) is 18.3. The van der Waals surface area contributed by atoms with Crippen LogP contribution in [0.3, 0.4) is 0 Å². The van der Waals surface area contributed by atoms with Gasteiger partial charge in [-0.1, -0.05) is 193 Å². The first-order chi connectivity index (χ1) is 34.0. The van der Waals surface area contributed by atoms with Crippen LogP contribution in [0.4, 0.5) is 22.7 Å². The van der Waals surface area contributed by atoms with E-state index >= 15 is 0 Å². The Morgan fingerprint density at radius 1 is 0.507 bits per heavy atom. The molecule has 2 aromatic heterocycles. The van der Waals surface area contributed by atoms with Crippen molar-refractivity contribution < 1.29 is 25.8 Å². The fourth-order valence-corrected chi connectivity index (χ4v) is 10.8. The van der Waals surface area contributed by atoms with Gasteiger partial charge in [-0.3, -0.25) is 0 Å². The molecule has 0 saturated carbocycles. The zero-order valence-electron chi connectivity index (χ0n) is 44.9. The number of ether oxygens (including phenoxy) is 1. The minimum absolute atomic E-state index is 0. The first kappa shape index (κ1) is 50.1. The van der Waals surface area contributed by atoms with E-state index in [1.54, 1.807) is 0 Å². The topological polar surface area (TPSA) is 33.5 Å². The Morgan fingerprint density at radius 2 is 1.10 bits per heavy atom. The number of aromatic nitrogens is 2. The van der Waals surface area contributed by atoms with Crippen LogP contribution in [0.15, 0.2) is 146 Å². The summed E-state index contributed by atoms with van der Waals surface area (Å²) in [6.07, 6.45) is 1.93. The van der Waals surface area contributed by atoms with Crippen LogP contribution in [-0.2, 0) is 48.1 Å². The minimum atomic E-state index is -0.232. The van der Waals surface area contributed by atoms with Crippen LogP contribution in [-0.4, -0.2) is 9.55 Å². The van der Waals surface area contributed by atoms with Crippen molar-refractivity contribution in [1.29, 1.82) is 0 Å². The maximum atomic E-state index is 6.94. The molecule has 7 aromatic carbocycles.